The summed E-state index contributed by atoms with van der Waals surface area (Å²) in [5.41, 5.74) is 20.9. The van der Waals surface area contributed by atoms with Crippen molar-refractivity contribution in [3.8, 4) is 66.8 Å². The second-order valence-electron chi connectivity index (χ2n) is 18.0. The lowest BCUT2D eigenvalue weighted by Gasteiger charge is -2.24. The van der Waals surface area contributed by atoms with Crippen LogP contribution in [0, 0.1) is 0 Å². The molecule has 0 heterocycles. The number of fused-ring (bicyclic) bond motifs is 9. The zero-order valence-corrected chi connectivity index (χ0v) is 34.5. The first-order valence-electron chi connectivity index (χ1n) is 21.3. The van der Waals surface area contributed by atoms with Crippen molar-refractivity contribution in [2.45, 2.75) is 38.5 Å². The van der Waals surface area contributed by atoms with E-state index in [2.05, 4.69) is 222 Å². The maximum absolute atomic E-state index is 2.49. The Balaban J connectivity index is 1.11. The zero-order valence-electron chi connectivity index (χ0n) is 34.5. The van der Waals surface area contributed by atoms with Crippen LogP contribution in [0.25, 0.3) is 99.1 Å². The first kappa shape index (κ1) is 35.0. The minimum Gasteiger partial charge on any atom is -0.0622 e. The topological polar surface area (TPSA) is 0 Å². The van der Waals surface area contributed by atoms with Crippen LogP contribution in [0.4, 0.5) is 0 Å². The van der Waals surface area contributed by atoms with Crippen molar-refractivity contribution >= 4 is 32.3 Å². The molecule has 0 unspecified atom stereocenters. The summed E-state index contributed by atoms with van der Waals surface area (Å²) >= 11 is 0. The van der Waals surface area contributed by atoms with Gasteiger partial charge in [-0.3, -0.25) is 0 Å². The van der Waals surface area contributed by atoms with Crippen LogP contribution in [-0.4, -0.2) is 0 Å². The summed E-state index contributed by atoms with van der Waals surface area (Å²) in [7, 11) is 0. The van der Waals surface area contributed by atoms with Gasteiger partial charge in [0.15, 0.2) is 0 Å². The van der Waals surface area contributed by atoms with Gasteiger partial charge in [0, 0.05) is 10.8 Å². The summed E-state index contributed by atoms with van der Waals surface area (Å²) in [6.07, 6.45) is 0. The molecule has 0 fully saturated rings. The first-order valence-corrected chi connectivity index (χ1v) is 21.3. The quantitative estimate of drug-likeness (QED) is 0.157. The lowest BCUT2D eigenvalue weighted by atomic mass is 9.79. The third kappa shape index (κ3) is 4.91. The minimum absolute atomic E-state index is 0.0611. The van der Waals surface area contributed by atoms with E-state index in [-0.39, 0.29) is 10.8 Å². The normalized spacial score (nSPS) is 14.3. The molecule has 0 amide bonds. The molecule has 12 rings (SSSR count). The molecular weight excluding hydrogens is 721 g/mol. The first-order chi connectivity index (χ1) is 29.3. The molecule has 0 saturated heterocycles. The molecule has 0 aromatic heterocycles. The Morgan fingerprint density at radius 3 is 1.32 bits per heavy atom. The van der Waals surface area contributed by atoms with Crippen molar-refractivity contribution in [2.24, 2.45) is 0 Å². The standard InChI is InChI=1S/C60H44/c1-59(2)53-24-14-12-20-44(53)46-29-27-39(35-55(46)59)41-32-33-50(43-19-9-8-18-42(41)43)58-49-23-11-10-22-48(49)57(52-34-38(26-31-51(52)58)37-16-6-5-7-17-37)40-28-30-47-45-21-13-15-25-54(45)60(3,4)56(47)36-40/h5-36H,1-4H3. The van der Waals surface area contributed by atoms with Gasteiger partial charge in [0.2, 0.25) is 0 Å². The molecule has 0 spiro atoms. The number of benzene rings is 10. The summed E-state index contributed by atoms with van der Waals surface area (Å²) in [6, 6.07) is 73.1. The Labute approximate surface area is 352 Å². The summed E-state index contributed by atoms with van der Waals surface area (Å²) in [6.45, 7) is 9.50. The van der Waals surface area contributed by atoms with Gasteiger partial charge in [-0.05, 0) is 140 Å². The van der Waals surface area contributed by atoms with Crippen molar-refractivity contribution in [1.29, 1.82) is 0 Å². The molecule has 10 aromatic rings. The average molecular weight is 765 g/mol. The van der Waals surface area contributed by atoms with E-state index in [1.54, 1.807) is 0 Å². The molecule has 0 heteroatoms. The third-order valence-electron chi connectivity index (χ3n) is 14.1. The third-order valence-corrected chi connectivity index (χ3v) is 14.1. The highest BCUT2D eigenvalue weighted by atomic mass is 14.4. The molecule has 0 aliphatic heterocycles. The molecule has 0 saturated carbocycles. The van der Waals surface area contributed by atoms with E-state index >= 15 is 0 Å². The van der Waals surface area contributed by atoms with Gasteiger partial charge in [0.05, 0.1) is 0 Å². The molecule has 0 N–H and O–H groups in total. The highest BCUT2D eigenvalue weighted by Gasteiger charge is 2.37. The SMILES string of the molecule is CC1(C)c2ccccc2-c2ccc(-c3ccc(-c4c5ccccc5c(-c5ccc6c(c5)C(C)(C)c5ccccc5-6)c5cc(-c6ccccc6)ccc45)c4ccccc34)cc21. The van der Waals surface area contributed by atoms with Gasteiger partial charge in [0.1, 0.15) is 0 Å². The summed E-state index contributed by atoms with van der Waals surface area (Å²) in [5, 5.41) is 7.61. The van der Waals surface area contributed by atoms with E-state index in [1.165, 1.54) is 121 Å². The maximum atomic E-state index is 2.49. The van der Waals surface area contributed by atoms with Gasteiger partial charge in [0.25, 0.3) is 0 Å². The van der Waals surface area contributed by atoms with E-state index in [0.29, 0.717) is 0 Å². The van der Waals surface area contributed by atoms with E-state index in [9.17, 15) is 0 Å². The van der Waals surface area contributed by atoms with Crippen LogP contribution in [-0.2, 0) is 10.8 Å². The second kappa shape index (κ2) is 12.7. The number of rotatable bonds is 4. The summed E-state index contributed by atoms with van der Waals surface area (Å²) < 4.78 is 0. The molecule has 2 aliphatic carbocycles. The molecule has 0 nitrogen and oxygen atoms in total. The molecule has 10 aromatic carbocycles. The molecule has 2 aliphatic rings. The second-order valence-corrected chi connectivity index (χ2v) is 18.0. The van der Waals surface area contributed by atoms with Gasteiger partial charge in [-0.2, -0.15) is 0 Å². The van der Waals surface area contributed by atoms with Crippen molar-refractivity contribution in [2.75, 3.05) is 0 Å². The number of hydrogen-bond donors (Lipinski definition) is 0. The highest BCUT2D eigenvalue weighted by molar-refractivity contribution is 6.24. The number of hydrogen-bond acceptors (Lipinski definition) is 0. The predicted octanol–water partition coefficient (Wildman–Crippen LogP) is 16.4. The molecule has 0 atom stereocenters. The Kier molecular flexibility index (Phi) is 7.42. The largest absolute Gasteiger partial charge is 0.0622 e. The fourth-order valence-corrected chi connectivity index (χ4v) is 11.1. The van der Waals surface area contributed by atoms with Crippen molar-refractivity contribution in [3.05, 3.63) is 216 Å². The van der Waals surface area contributed by atoms with Gasteiger partial charge in [-0.1, -0.05) is 204 Å². The van der Waals surface area contributed by atoms with Crippen molar-refractivity contribution < 1.29 is 0 Å². The average Bonchev–Trinajstić information content (AvgIpc) is 3.67. The Morgan fingerprint density at radius 2 is 0.667 bits per heavy atom. The lowest BCUT2D eigenvalue weighted by molar-refractivity contribution is 0.660. The van der Waals surface area contributed by atoms with Gasteiger partial charge in [-0.15, -0.1) is 0 Å². The van der Waals surface area contributed by atoms with Gasteiger partial charge in [-0.25, -0.2) is 0 Å². The van der Waals surface area contributed by atoms with E-state index < -0.39 is 0 Å². The molecular formula is C60H44. The van der Waals surface area contributed by atoms with Gasteiger partial charge < -0.3 is 0 Å². The van der Waals surface area contributed by atoms with E-state index in [4.69, 9.17) is 0 Å². The molecule has 0 bridgehead atoms. The van der Waals surface area contributed by atoms with Crippen molar-refractivity contribution in [3.63, 3.8) is 0 Å². The monoisotopic (exact) mass is 764 g/mol. The maximum Gasteiger partial charge on any atom is 0.0159 e. The Morgan fingerprint density at radius 1 is 0.233 bits per heavy atom. The van der Waals surface area contributed by atoms with Crippen LogP contribution >= 0.6 is 0 Å². The van der Waals surface area contributed by atoms with Gasteiger partial charge >= 0.3 is 0 Å². The highest BCUT2D eigenvalue weighted by Crippen LogP contribution is 2.53. The fourth-order valence-electron chi connectivity index (χ4n) is 11.1. The van der Waals surface area contributed by atoms with Crippen LogP contribution in [0.1, 0.15) is 49.9 Å². The molecule has 60 heavy (non-hydrogen) atoms. The van der Waals surface area contributed by atoms with Crippen LogP contribution in [0.3, 0.4) is 0 Å². The molecule has 0 radical (unpaired) electrons. The summed E-state index contributed by atoms with van der Waals surface area (Å²) in [5.74, 6) is 0. The minimum atomic E-state index is -0.0953. The Hall–Kier alpha value is -7.02. The summed E-state index contributed by atoms with van der Waals surface area (Å²) in [4.78, 5) is 0. The van der Waals surface area contributed by atoms with E-state index in [0.717, 1.165) is 0 Å². The van der Waals surface area contributed by atoms with Crippen LogP contribution in [0.5, 0.6) is 0 Å². The predicted molar refractivity (Wildman–Crippen MR) is 256 cm³/mol. The smallest absolute Gasteiger partial charge is 0.0159 e. The molecule has 284 valence electrons. The Bertz CT molecular complexity index is 3410. The van der Waals surface area contributed by atoms with E-state index in [1.807, 2.05) is 0 Å². The zero-order chi connectivity index (χ0) is 40.3. The lowest BCUT2D eigenvalue weighted by Crippen LogP contribution is -2.14. The van der Waals surface area contributed by atoms with Crippen LogP contribution < -0.4 is 0 Å². The fraction of sp³-hybridized carbons (Fsp3) is 0.100. The van der Waals surface area contributed by atoms with Crippen LogP contribution in [0.2, 0.25) is 0 Å². The van der Waals surface area contributed by atoms with Crippen LogP contribution in [0.15, 0.2) is 194 Å². The van der Waals surface area contributed by atoms with Crippen molar-refractivity contribution in [1.82, 2.24) is 0 Å².